The summed E-state index contributed by atoms with van der Waals surface area (Å²) in [5, 5.41) is 3.38. The Morgan fingerprint density at radius 3 is 3.06 bits per heavy atom. The standard InChI is InChI=1S/C15H15FN2/c1-10-7-12(16)9-13(8-10)18-14-5-4-11-3-2-6-17-15(11)14/h2-3,6-9,14,18H,4-5H2,1H3. The van der Waals surface area contributed by atoms with Gasteiger partial charge in [0.25, 0.3) is 0 Å². The monoisotopic (exact) mass is 242 g/mol. The molecule has 1 aliphatic rings. The summed E-state index contributed by atoms with van der Waals surface area (Å²) in [4.78, 5) is 4.43. The topological polar surface area (TPSA) is 24.9 Å². The van der Waals surface area contributed by atoms with Crippen LogP contribution in [0.15, 0.2) is 36.5 Å². The summed E-state index contributed by atoms with van der Waals surface area (Å²) in [6, 6.07) is 9.31. The van der Waals surface area contributed by atoms with Crippen molar-refractivity contribution in [2.75, 3.05) is 5.32 Å². The average Bonchev–Trinajstić information content (AvgIpc) is 2.72. The van der Waals surface area contributed by atoms with Crippen LogP contribution in [0.2, 0.25) is 0 Å². The Kier molecular flexibility index (Phi) is 2.74. The second kappa shape index (κ2) is 4.41. The highest BCUT2D eigenvalue weighted by Gasteiger charge is 2.23. The van der Waals surface area contributed by atoms with Gasteiger partial charge < -0.3 is 5.32 Å². The second-order valence-electron chi connectivity index (χ2n) is 4.80. The van der Waals surface area contributed by atoms with E-state index >= 15 is 0 Å². The van der Waals surface area contributed by atoms with E-state index in [1.165, 1.54) is 17.7 Å². The van der Waals surface area contributed by atoms with Crippen LogP contribution in [-0.2, 0) is 6.42 Å². The molecule has 92 valence electrons. The fourth-order valence-electron chi connectivity index (χ4n) is 2.57. The van der Waals surface area contributed by atoms with Crippen molar-refractivity contribution in [3.63, 3.8) is 0 Å². The van der Waals surface area contributed by atoms with E-state index in [0.29, 0.717) is 0 Å². The lowest BCUT2D eigenvalue weighted by Gasteiger charge is -2.15. The van der Waals surface area contributed by atoms with Gasteiger partial charge in [-0.1, -0.05) is 6.07 Å². The highest BCUT2D eigenvalue weighted by molar-refractivity contribution is 5.49. The summed E-state index contributed by atoms with van der Waals surface area (Å²) in [6.07, 6.45) is 3.87. The third-order valence-electron chi connectivity index (χ3n) is 3.34. The van der Waals surface area contributed by atoms with E-state index in [0.717, 1.165) is 29.8 Å². The molecule has 1 unspecified atom stereocenters. The van der Waals surface area contributed by atoms with Gasteiger partial charge in [0.2, 0.25) is 0 Å². The predicted molar refractivity (Wildman–Crippen MR) is 70.1 cm³/mol. The Morgan fingerprint density at radius 2 is 2.22 bits per heavy atom. The highest BCUT2D eigenvalue weighted by atomic mass is 19.1. The number of fused-ring (bicyclic) bond motifs is 1. The lowest BCUT2D eigenvalue weighted by Crippen LogP contribution is -2.08. The van der Waals surface area contributed by atoms with E-state index in [9.17, 15) is 4.39 Å². The SMILES string of the molecule is Cc1cc(F)cc(NC2CCc3cccnc32)c1. The van der Waals surface area contributed by atoms with Crippen molar-refractivity contribution in [3.8, 4) is 0 Å². The minimum Gasteiger partial charge on any atom is -0.377 e. The van der Waals surface area contributed by atoms with Crippen molar-refractivity contribution in [2.45, 2.75) is 25.8 Å². The zero-order valence-corrected chi connectivity index (χ0v) is 10.3. The summed E-state index contributed by atoms with van der Waals surface area (Å²) in [5.41, 5.74) is 4.15. The largest absolute Gasteiger partial charge is 0.377 e. The Hall–Kier alpha value is -1.90. The molecule has 1 heterocycles. The third-order valence-corrected chi connectivity index (χ3v) is 3.34. The quantitative estimate of drug-likeness (QED) is 0.869. The first-order chi connectivity index (χ1) is 8.72. The number of halogens is 1. The summed E-state index contributed by atoms with van der Waals surface area (Å²) in [6.45, 7) is 1.90. The van der Waals surface area contributed by atoms with Gasteiger partial charge in [-0.3, -0.25) is 4.98 Å². The molecule has 3 heteroatoms. The van der Waals surface area contributed by atoms with Crippen LogP contribution in [0, 0.1) is 12.7 Å². The van der Waals surface area contributed by atoms with Crippen LogP contribution in [0.25, 0.3) is 0 Å². The van der Waals surface area contributed by atoms with Crippen LogP contribution in [0.4, 0.5) is 10.1 Å². The van der Waals surface area contributed by atoms with E-state index < -0.39 is 0 Å². The Balaban J connectivity index is 1.86. The molecule has 1 atom stereocenters. The van der Waals surface area contributed by atoms with Crippen LogP contribution in [-0.4, -0.2) is 4.98 Å². The van der Waals surface area contributed by atoms with Gasteiger partial charge >= 0.3 is 0 Å². The van der Waals surface area contributed by atoms with Crippen LogP contribution >= 0.6 is 0 Å². The molecule has 3 rings (SSSR count). The van der Waals surface area contributed by atoms with Crippen LogP contribution < -0.4 is 5.32 Å². The van der Waals surface area contributed by atoms with Gasteiger partial charge in [0.1, 0.15) is 5.82 Å². The fourth-order valence-corrected chi connectivity index (χ4v) is 2.57. The van der Waals surface area contributed by atoms with Crippen LogP contribution in [0.5, 0.6) is 0 Å². The lowest BCUT2D eigenvalue weighted by atomic mass is 10.1. The number of anilines is 1. The molecule has 0 amide bonds. The number of hydrogen-bond donors (Lipinski definition) is 1. The van der Waals surface area contributed by atoms with Gasteiger partial charge in [-0.15, -0.1) is 0 Å². The second-order valence-corrected chi connectivity index (χ2v) is 4.80. The summed E-state index contributed by atoms with van der Waals surface area (Å²) >= 11 is 0. The molecule has 1 aliphatic carbocycles. The van der Waals surface area contributed by atoms with Crippen molar-refractivity contribution >= 4 is 5.69 Å². The van der Waals surface area contributed by atoms with Crippen molar-refractivity contribution in [3.05, 3.63) is 59.2 Å². The van der Waals surface area contributed by atoms with Crippen molar-refractivity contribution in [1.82, 2.24) is 4.98 Å². The van der Waals surface area contributed by atoms with Gasteiger partial charge in [-0.2, -0.15) is 0 Å². The van der Waals surface area contributed by atoms with E-state index in [1.807, 2.05) is 25.3 Å². The molecule has 1 aromatic heterocycles. The molecule has 1 N–H and O–H groups in total. The van der Waals surface area contributed by atoms with Gasteiger partial charge in [0.15, 0.2) is 0 Å². The molecule has 18 heavy (non-hydrogen) atoms. The molecule has 2 aromatic rings. The third kappa shape index (κ3) is 2.08. The number of hydrogen-bond acceptors (Lipinski definition) is 2. The Morgan fingerprint density at radius 1 is 1.33 bits per heavy atom. The molecule has 0 radical (unpaired) electrons. The zero-order chi connectivity index (χ0) is 12.5. The molecule has 0 saturated heterocycles. The van der Waals surface area contributed by atoms with Gasteiger partial charge in [-0.05, 0) is 55.2 Å². The Labute approximate surface area is 106 Å². The molecular formula is C15H15FN2. The molecule has 0 bridgehead atoms. The minimum absolute atomic E-state index is 0.197. The maximum Gasteiger partial charge on any atom is 0.125 e. The smallest absolute Gasteiger partial charge is 0.125 e. The van der Waals surface area contributed by atoms with Gasteiger partial charge in [-0.25, -0.2) is 4.39 Å². The summed E-state index contributed by atoms with van der Waals surface area (Å²) in [5.74, 6) is -0.197. The first-order valence-electron chi connectivity index (χ1n) is 6.20. The van der Waals surface area contributed by atoms with Crippen molar-refractivity contribution in [2.24, 2.45) is 0 Å². The molecular weight excluding hydrogens is 227 g/mol. The maximum absolute atomic E-state index is 13.3. The van der Waals surface area contributed by atoms with Crippen LogP contribution in [0.1, 0.15) is 29.3 Å². The number of nitrogens with zero attached hydrogens (tertiary/aromatic N) is 1. The first kappa shape index (κ1) is 11.2. The van der Waals surface area contributed by atoms with Crippen molar-refractivity contribution in [1.29, 1.82) is 0 Å². The van der Waals surface area contributed by atoms with Crippen LogP contribution in [0.3, 0.4) is 0 Å². The number of benzene rings is 1. The number of aryl methyl sites for hydroxylation is 2. The number of aromatic nitrogens is 1. The molecule has 0 fully saturated rings. The minimum atomic E-state index is -0.197. The number of nitrogens with one attached hydrogen (secondary N) is 1. The lowest BCUT2D eigenvalue weighted by molar-refractivity contribution is 0.626. The first-order valence-corrected chi connectivity index (χ1v) is 6.20. The molecule has 2 nitrogen and oxygen atoms in total. The number of rotatable bonds is 2. The Bertz CT molecular complexity index is 560. The predicted octanol–water partition coefficient (Wildman–Crippen LogP) is 3.63. The van der Waals surface area contributed by atoms with Gasteiger partial charge in [0.05, 0.1) is 11.7 Å². The molecule has 0 saturated carbocycles. The average molecular weight is 242 g/mol. The van der Waals surface area contributed by atoms with Gasteiger partial charge in [0, 0.05) is 11.9 Å². The van der Waals surface area contributed by atoms with E-state index in [1.54, 1.807) is 0 Å². The maximum atomic E-state index is 13.3. The fraction of sp³-hybridized carbons (Fsp3) is 0.267. The highest BCUT2D eigenvalue weighted by Crippen LogP contribution is 2.32. The number of pyridine rings is 1. The summed E-state index contributed by atoms with van der Waals surface area (Å²) < 4.78 is 13.3. The molecule has 0 spiro atoms. The van der Waals surface area contributed by atoms with E-state index in [-0.39, 0.29) is 11.9 Å². The summed E-state index contributed by atoms with van der Waals surface area (Å²) in [7, 11) is 0. The zero-order valence-electron chi connectivity index (χ0n) is 10.3. The van der Waals surface area contributed by atoms with Crippen molar-refractivity contribution < 1.29 is 4.39 Å². The molecule has 1 aromatic carbocycles. The van der Waals surface area contributed by atoms with E-state index in [2.05, 4.69) is 16.4 Å². The normalized spacial score (nSPS) is 17.6. The van der Waals surface area contributed by atoms with E-state index in [4.69, 9.17) is 0 Å². The molecule has 0 aliphatic heterocycles.